The molecule has 0 aromatic rings. The Hall–Kier alpha value is -0.810. The average molecular weight is 172 g/mol. The van der Waals surface area contributed by atoms with E-state index in [1.165, 1.54) is 6.92 Å². The van der Waals surface area contributed by atoms with Gasteiger partial charge in [-0.3, -0.25) is 4.99 Å². The lowest BCUT2D eigenvalue weighted by Crippen LogP contribution is -2.30. The van der Waals surface area contributed by atoms with Gasteiger partial charge in [-0.2, -0.15) is 8.78 Å². The molecule has 0 saturated heterocycles. The van der Waals surface area contributed by atoms with Gasteiger partial charge in [-0.05, 0) is 6.92 Å². The lowest BCUT2D eigenvalue weighted by Gasteiger charge is -2.11. The summed E-state index contributed by atoms with van der Waals surface area (Å²) >= 11 is 0. The highest BCUT2D eigenvalue weighted by atomic mass is 19.3. The van der Waals surface area contributed by atoms with E-state index < -0.39 is 18.9 Å². The molecule has 0 saturated carbocycles. The fraction of sp³-hybridized carbons (Fsp3) is 0.800. The monoisotopic (exact) mass is 172 g/mol. The van der Waals surface area contributed by atoms with Gasteiger partial charge in [-0.15, -0.1) is 0 Å². The molecule has 11 heavy (non-hydrogen) atoms. The van der Waals surface area contributed by atoms with Gasteiger partial charge in [0.15, 0.2) is 0 Å². The summed E-state index contributed by atoms with van der Waals surface area (Å²) in [4.78, 5) is 2.98. The maximum Gasteiger partial charge on any atom is 0.326 e. The van der Waals surface area contributed by atoms with Crippen LogP contribution in [0.25, 0.3) is 0 Å². The van der Waals surface area contributed by atoms with E-state index in [0.717, 1.165) is 0 Å². The molecule has 2 nitrogen and oxygen atoms in total. The third-order valence-corrected chi connectivity index (χ3v) is 0.859. The highest BCUT2D eigenvalue weighted by Gasteiger charge is 2.40. The maximum atomic E-state index is 12.0. The second-order valence-electron chi connectivity index (χ2n) is 2.02. The lowest BCUT2D eigenvalue weighted by molar-refractivity contribution is -0.119. The smallest absolute Gasteiger partial charge is 0.326 e. The Morgan fingerprint density at radius 2 is 2.00 bits per heavy atom. The minimum atomic E-state index is -4.07. The number of alkyl halides is 4. The van der Waals surface area contributed by atoms with Gasteiger partial charge in [0, 0.05) is 0 Å². The molecule has 0 radical (unpaired) electrons. The van der Waals surface area contributed by atoms with Gasteiger partial charge in [-0.1, -0.05) is 0 Å². The van der Waals surface area contributed by atoms with Crippen LogP contribution in [0.5, 0.6) is 0 Å². The van der Waals surface area contributed by atoms with Crippen molar-refractivity contribution in [2.24, 2.45) is 10.7 Å². The SMILES string of the molecule is CC(N)=NCC(F)(F)C(F)F. The van der Waals surface area contributed by atoms with E-state index >= 15 is 0 Å². The van der Waals surface area contributed by atoms with E-state index in [4.69, 9.17) is 5.73 Å². The number of hydrogen-bond donors (Lipinski definition) is 1. The van der Waals surface area contributed by atoms with Gasteiger partial charge in [0.1, 0.15) is 6.54 Å². The topological polar surface area (TPSA) is 38.4 Å². The normalized spacial score (nSPS) is 14.2. The predicted molar refractivity (Wildman–Crippen MR) is 33.1 cm³/mol. The Labute approximate surface area is 61.1 Å². The van der Waals surface area contributed by atoms with E-state index in [9.17, 15) is 17.6 Å². The first-order valence-electron chi connectivity index (χ1n) is 2.79. The van der Waals surface area contributed by atoms with Crippen molar-refractivity contribution in [2.75, 3.05) is 6.54 Å². The largest absolute Gasteiger partial charge is 0.388 e. The van der Waals surface area contributed by atoms with Crippen LogP contribution in [0.4, 0.5) is 17.6 Å². The van der Waals surface area contributed by atoms with Crippen LogP contribution in [-0.4, -0.2) is 24.7 Å². The number of rotatable bonds is 3. The summed E-state index contributed by atoms with van der Waals surface area (Å²) in [5.74, 6) is -4.20. The van der Waals surface area contributed by atoms with Crippen molar-refractivity contribution in [2.45, 2.75) is 19.3 Å². The predicted octanol–water partition coefficient (Wildman–Crippen LogP) is 1.26. The van der Waals surface area contributed by atoms with E-state index in [2.05, 4.69) is 4.99 Å². The fourth-order valence-electron chi connectivity index (χ4n) is 0.299. The van der Waals surface area contributed by atoms with E-state index in [1.807, 2.05) is 0 Å². The summed E-state index contributed by atoms with van der Waals surface area (Å²) < 4.78 is 46.8. The summed E-state index contributed by atoms with van der Waals surface area (Å²) in [5.41, 5.74) is 4.87. The lowest BCUT2D eigenvalue weighted by atomic mass is 10.3. The van der Waals surface area contributed by atoms with E-state index in [0.29, 0.717) is 0 Å². The zero-order valence-electron chi connectivity index (χ0n) is 5.82. The molecule has 0 amide bonds. The van der Waals surface area contributed by atoms with Crippen molar-refractivity contribution in [1.82, 2.24) is 0 Å². The van der Waals surface area contributed by atoms with Crippen LogP contribution >= 0.6 is 0 Å². The molecule has 66 valence electrons. The van der Waals surface area contributed by atoms with Crippen LogP contribution in [0.2, 0.25) is 0 Å². The van der Waals surface area contributed by atoms with Gasteiger partial charge in [0.2, 0.25) is 0 Å². The molecule has 0 aromatic heterocycles. The molecule has 0 fully saturated rings. The van der Waals surface area contributed by atoms with Crippen molar-refractivity contribution in [3.05, 3.63) is 0 Å². The summed E-state index contributed by atoms with van der Waals surface area (Å²) in [5, 5.41) is 0. The summed E-state index contributed by atoms with van der Waals surface area (Å²) in [6, 6.07) is 0. The van der Waals surface area contributed by atoms with Gasteiger partial charge >= 0.3 is 12.3 Å². The molecule has 0 aromatic carbocycles. The van der Waals surface area contributed by atoms with Gasteiger partial charge in [0.25, 0.3) is 0 Å². The summed E-state index contributed by atoms with van der Waals surface area (Å²) in [7, 11) is 0. The third-order valence-electron chi connectivity index (χ3n) is 0.859. The molecule has 6 heteroatoms. The van der Waals surface area contributed by atoms with Crippen molar-refractivity contribution in [1.29, 1.82) is 0 Å². The first kappa shape index (κ1) is 10.2. The zero-order chi connectivity index (χ0) is 9.07. The van der Waals surface area contributed by atoms with Crippen LogP contribution in [0.1, 0.15) is 6.92 Å². The highest BCUT2D eigenvalue weighted by molar-refractivity contribution is 5.77. The van der Waals surface area contributed by atoms with Crippen LogP contribution in [0.15, 0.2) is 4.99 Å². The summed E-state index contributed by atoms with van der Waals surface area (Å²) in [6.45, 7) is -0.00541. The Morgan fingerprint density at radius 3 is 2.27 bits per heavy atom. The fourth-order valence-corrected chi connectivity index (χ4v) is 0.299. The van der Waals surface area contributed by atoms with Gasteiger partial charge in [0.05, 0.1) is 5.84 Å². The van der Waals surface area contributed by atoms with Crippen LogP contribution < -0.4 is 5.73 Å². The van der Waals surface area contributed by atoms with E-state index in [-0.39, 0.29) is 5.84 Å². The second kappa shape index (κ2) is 3.54. The van der Waals surface area contributed by atoms with Gasteiger partial charge in [-0.25, -0.2) is 8.78 Å². The molecule has 2 N–H and O–H groups in total. The van der Waals surface area contributed by atoms with Crippen molar-refractivity contribution in [3.63, 3.8) is 0 Å². The number of amidine groups is 1. The molecular formula is C5H8F4N2. The first-order valence-corrected chi connectivity index (χ1v) is 2.79. The van der Waals surface area contributed by atoms with E-state index in [1.54, 1.807) is 0 Å². The minimum absolute atomic E-state index is 0.134. The van der Waals surface area contributed by atoms with Crippen molar-refractivity contribution < 1.29 is 17.6 Å². The number of halogens is 4. The summed E-state index contributed by atoms with van der Waals surface area (Å²) in [6.07, 6.45) is -3.69. The van der Waals surface area contributed by atoms with Crippen LogP contribution in [0.3, 0.4) is 0 Å². The highest BCUT2D eigenvalue weighted by Crippen LogP contribution is 2.22. The molecular weight excluding hydrogens is 164 g/mol. The maximum absolute atomic E-state index is 12.0. The molecule has 0 heterocycles. The molecule has 0 aliphatic rings. The Morgan fingerprint density at radius 1 is 1.55 bits per heavy atom. The van der Waals surface area contributed by atoms with Crippen LogP contribution in [0, 0.1) is 0 Å². The average Bonchev–Trinajstić information content (AvgIpc) is 1.84. The Kier molecular flexibility index (Phi) is 3.28. The first-order chi connectivity index (χ1) is 4.86. The van der Waals surface area contributed by atoms with Crippen molar-refractivity contribution >= 4 is 5.84 Å². The standard InChI is InChI=1S/C5H8F4N2/c1-3(10)11-2-5(8,9)4(6)7/h4H,2H2,1H3,(H2,10,11). The number of hydrogen-bond acceptors (Lipinski definition) is 1. The Bertz CT molecular complexity index is 151. The van der Waals surface area contributed by atoms with Gasteiger partial charge < -0.3 is 5.73 Å². The number of nitrogens with zero attached hydrogens (tertiary/aromatic N) is 1. The number of aliphatic imine (C=N–C) groups is 1. The molecule has 0 spiro atoms. The molecule has 0 atom stereocenters. The molecule has 0 rings (SSSR count). The zero-order valence-corrected chi connectivity index (χ0v) is 5.82. The van der Waals surface area contributed by atoms with Crippen LogP contribution in [-0.2, 0) is 0 Å². The minimum Gasteiger partial charge on any atom is -0.388 e. The Balaban J connectivity index is 4.03. The third kappa shape index (κ3) is 3.79. The van der Waals surface area contributed by atoms with Crippen molar-refractivity contribution in [3.8, 4) is 0 Å². The number of nitrogens with two attached hydrogens (primary N) is 1. The quantitative estimate of drug-likeness (QED) is 0.388. The molecule has 0 aliphatic carbocycles. The molecule has 0 aliphatic heterocycles. The molecule has 0 unspecified atom stereocenters. The second-order valence-corrected chi connectivity index (χ2v) is 2.02. The molecule has 0 bridgehead atoms.